The maximum absolute atomic E-state index is 13.0. The Morgan fingerprint density at radius 1 is 1.10 bits per heavy atom. The molecule has 2 heterocycles. The van der Waals surface area contributed by atoms with E-state index < -0.39 is 0 Å². The zero-order valence-electron chi connectivity index (χ0n) is 13.0. The summed E-state index contributed by atoms with van der Waals surface area (Å²) >= 11 is 0. The van der Waals surface area contributed by atoms with Gasteiger partial charge < -0.3 is 4.90 Å². The third kappa shape index (κ3) is 3.29. The third-order valence-electron chi connectivity index (χ3n) is 4.82. The summed E-state index contributed by atoms with van der Waals surface area (Å²) in [7, 11) is 0. The van der Waals surface area contributed by atoms with E-state index in [9.17, 15) is 4.79 Å². The van der Waals surface area contributed by atoms with Gasteiger partial charge in [0.15, 0.2) is 0 Å². The fourth-order valence-electron chi connectivity index (χ4n) is 3.72. The van der Waals surface area contributed by atoms with E-state index in [1.807, 2.05) is 18.2 Å². The van der Waals surface area contributed by atoms with Gasteiger partial charge in [0.1, 0.15) is 6.04 Å². The second kappa shape index (κ2) is 6.61. The van der Waals surface area contributed by atoms with Crippen molar-refractivity contribution in [2.45, 2.75) is 38.6 Å². The van der Waals surface area contributed by atoms with Gasteiger partial charge in [-0.1, -0.05) is 37.3 Å². The lowest BCUT2D eigenvalue weighted by molar-refractivity contribution is -0.137. The first-order chi connectivity index (χ1) is 10.3. The van der Waals surface area contributed by atoms with Crippen molar-refractivity contribution >= 4 is 5.91 Å². The molecule has 2 aliphatic heterocycles. The average molecular weight is 286 g/mol. The van der Waals surface area contributed by atoms with E-state index in [2.05, 4.69) is 28.9 Å². The quantitative estimate of drug-likeness (QED) is 0.852. The number of carbonyl (C=O) groups excluding carboxylic acids is 1. The average Bonchev–Trinajstić information content (AvgIpc) is 3.03. The number of likely N-dealkylation sites (tertiary alicyclic amines) is 2. The molecule has 0 N–H and O–H groups in total. The van der Waals surface area contributed by atoms with Crippen LogP contribution in [-0.4, -0.2) is 41.9 Å². The molecule has 2 saturated heterocycles. The van der Waals surface area contributed by atoms with E-state index in [-0.39, 0.29) is 6.04 Å². The summed E-state index contributed by atoms with van der Waals surface area (Å²) in [6.07, 6.45) is 4.81. The van der Waals surface area contributed by atoms with Crippen LogP contribution in [0.3, 0.4) is 0 Å². The molecule has 3 rings (SSSR count). The lowest BCUT2D eigenvalue weighted by Crippen LogP contribution is -2.45. The summed E-state index contributed by atoms with van der Waals surface area (Å²) < 4.78 is 0. The number of hydrogen-bond acceptors (Lipinski definition) is 2. The van der Waals surface area contributed by atoms with E-state index in [0.29, 0.717) is 11.8 Å². The minimum Gasteiger partial charge on any atom is -0.341 e. The Kier molecular flexibility index (Phi) is 4.59. The Balaban J connectivity index is 1.85. The molecule has 21 heavy (non-hydrogen) atoms. The summed E-state index contributed by atoms with van der Waals surface area (Å²) in [4.78, 5) is 17.5. The molecule has 0 aliphatic carbocycles. The van der Waals surface area contributed by atoms with Crippen LogP contribution in [-0.2, 0) is 4.79 Å². The van der Waals surface area contributed by atoms with Crippen molar-refractivity contribution in [1.29, 1.82) is 0 Å². The van der Waals surface area contributed by atoms with Gasteiger partial charge in [-0.25, -0.2) is 0 Å². The Hall–Kier alpha value is -1.35. The van der Waals surface area contributed by atoms with Crippen LogP contribution in [0.1, 0.15) is 44.2 Å². The van der Waals surface area contributed by atoms with Gasteiger partial charge in [0.05, 0.1) is 0 Å². The zero-order chi connectivity index (χ0) is 14.7. The van der Waals surface area contributed by atoms with E-state index >= 15 is 0 Å². The van der Waals surface area contributed by atoms with E-state index in [0.717, 1.165) is 44.6 Å². The van der Waals surface area contributed by atoms with Crippen LogP contribution in [0.5, 0.6) is 0 Å². The first kappa shape index (κ1) is 14.6. The van der Waals surface area contributed by atoms with E-state index in [1.165, 1.54) is 12.8 Å². The summed E-state index contributed by atoms with van der Waals surface area (Å²) in [5.74, 6) is 1.00. The van der Waals surface area contributed by atoms with Crippen LogP contribution in [0.2, 0.25) is 0 Å². The summed E-state index contributed by atoms with van der Waals surface area (Å²) in [6.45, 7) is 6.26. The molecule has 1 aromatic rings. The molecular weight excluding hydrogens is 260 g/mol. The molecule has 0 radical (unpaired) electrons. The fourth-order valence-corrected chi connectivity index (χ4v) is 3.72. The van der Waals surface area contributed by atoms with Crippen LogP contribution in [0.25, 0.3) is 0 Å². The molecular formula is C18H26N2O. The van der Waals surface area contributed by atoms with Crippen molar-refractivity contribution in [3.05, 3.63) is 35.9 Å². The molecule has 114 valence electrons. The van der Waals surface area contributed by atoms with Crippen molar-refractivity contribution in [2.24, 2.45) is 5.92 Å². The maximum atomic E-state index is 13.0. The number of nitrogens with zero attached hydrogens (tertiary/aromatic N) is 2. The largest absolute Gasteiger partial charge is 0.341 e. The summed E-state index contributed by atoms with van der Waals surface area (Å²) in [6, 6.07) is 10.3. The van der Waals surface area contributed by atoms with Gasteiger partial charge in [0, 0.05) is 19.6 Å². The maximum Gasteiger partial charge on any atom is 0.244 e. The predicted molar refractivity (Wildman–Crippen MR) is 85.0 cm³/mol. The van der Waals surface area contributed by atoms with Crippen LogP contribution in [0, 0.1) is 5.92 Å². The number of carbonyl (C=O) groups is 1. The highest BCUT2D eigenvalue weighted by molar-refractivity contribution is 5.83. The molecule has 3 nitrogen and oxygen atoms in total. The highest BCUT2D eigenvalue weighted by Crippen LogP contribution is 2.29. The van der Waals surface area contributed by atoms with Crippen molar-refractivity contribution in [1.82, 2.24) is 9.80 Å². The smallest absolute Gasteiger partial charge is 0.244 e. The Labute approximate surface area is 127 Å². The normalized spacial score (nSPS) is 25.0. The Bertz CT molecular complexity index is 467. The van der Waals surface area contributed by atoms with Crippen LogP contribution in [0.15, 0.2) is 30.3 Å². The topological polar surface area (TPSA) is 23.6 Å². The summed E-state index contributed by atoms with van der Waals surface area (Å²) in [5.41, 5.74) is 1.16. The van der Waals surface area contributed by atoms with Gasteiger partial charge in [-0.3, -0.25) is 9.69 Å². The molecule has 0 aromatic heterocycles. The molecule has 2 atom stereocenters. The van der Waals surface area contributed by atoms with Crippen molar-refractivity contribution in [3.8, 4) is 0 Å². The predicted octanol–water partition coefficient (Wildman–Crippen LogP) is 3.08. The van der Waals surface area contributed by atoms with Gasteiger partial charge >= 0.3 is 0 Å². The molecule has 2 aliphatic rings. The second-order valence-corrected chi connectivity index (χ2v) is 6.59. The minimum absolute atomic E-state index is 0.0768. The van der Waals surface area contributed by atoms with Crippen molar-refractivity contribution in [2.75, 3.05) is 26.2 Å². The van der Waals surface area contributed by atoms with Gasteiger partial charge in [-0.15, -0.1) is 0 Å². The van der Waals surface area contributed by atoms with Crippen LogP contribution >= 0.6 is 0 Å². The highest BCUT2D eigenvalue weighted by Gasteiger charge is 2.34. The van der Waals surface area contributed by atoms with E-state index in [4.69, 9.17) is 0 Å². The Morgan fingerprint density at radius 3 is 2.48 bits per heavy atom. The number of piperidine rings is 1. The molecule has 0 spiro atoms. The second-order valence-electron chi connectivity index (χ2n) is 6.59. The van der Waals surface area contributed by atoms with Crippen molar-refractivity contribution in [3.63, 3.8) is 0 Å². The fraction of sp³-hybridized carbons (Fsp3) is 0.611. The Morgan fingerprint density at radius 2 is 1.81 bits per heavy atom. The molecule has 0 saturated carbocycles. The SMILES string of the molecule is CC1CCCN(C(C(=O)N2CCCC2)c2ccccc2)C1. The van der Waals surface area contributed by atoms with Gasteiger partial charge in [0.25, 0.3) is 0 Å². The van der Waals surface area contributed by atoms with Crippen LogP contribution in [0.4, 0.5) is 0 Å². The molecule has 2 fully saturated rings. The summed E-state index contributed by atoms with van der Waals surface area (Å²) in [5, 5.41) is 0. The molecule has 1 aromatic carbocycles. The first-order valence-electron chi connectivity index (χ1n) is 8.33. The van der Waals surface area contributed by atoms with Crippen molar-refractivity contribution < 1.29 is 4.79 Å². The number of rotatable bonds is 3. The molecule has 3 heteroatoms. The van der Waals surface area contributed by atoms with E-state index in [1.54, 1.807) is 0 Å². The molecule has 1 amide bonds. The zero-order valence-corrected chi connectivity index (χ0v) is 13.0. The van der Waals surface area contributed by atoms with Gasteiger partial charge in [-0.05, 0) is 43.7 Å². The molecule has 2 unspecified atom stereocenters. The molecule has 0 bridgehead atoms. The van der Waals surface area contributed by atoms with Crippen LogP contribution < -0.4 is 0 Å². The number of benzene rings is 1. The first-order valence-corrected chi connectivity index (χ1v) is 8.33. The monoisotopic (exact) mass is 286 g/mol. The lowest BCUT2D eigenvalue weighted by Gasteiger charge is -2.38. The third-order valence-corrected chi connectivity index (χ3v) is 4.82. The lowest BCUT2D eigenvalue weighted by atomic mass is 9.95. The number of hydrogen-bond donors (Lipinski definition) is 0. The van der Waals surface area contributed by atoms with Gasteiger partial charge in [0.2, 0.25) is 5.91 Å². The standard InChI is InChI=1S/C18H26N2O/c1-15-8-7-13-20(14-15)17(16-9-3-2-4-10-16)18(21)19-11-5-6-12-19/h2-4,9-10,15,17H,5-8,11-14H2,1H3. The minimum atomic E-state index is -0.0768. The number of amides is 1. The van der Waals surface area contributed by atoms with Gasteiger partial charge in [-0.2, -0.15) is 0 Å². The highest BCUT2D eigenvalue weighted by atomic mass is 16.2.